The molecule has 0 radical (unpaired) electrons. The van der Waals surface area contributed by atoms with Crippen molar-refractivity contribution >= 4 is 5.96 Å². The van der Waals surface area contributed by atoms with Gasteiger partial charge in [0.2, 0.25) is 0 Å². The fourth-order valence-electron chi connectivity index (χ4n) is 3.08. The van der Waals surface area contributed by atoms with Gasteiger partial charge in [0, 0.05) is 44.0 Å². The van der Waals surface area contributed by atoms with E-state index in [-0.39, 0.29) is 6.10 Å². The van der Waals surface area contributed by atoms with Crippen LogP contribution in [-0.2, 0) is 17.8 Å². The largest absolute Gasteiger partial charge is 0.488 e. The van der Waals surface area contributed by atoms with Gasteiger partial charge in [0.05, 0.1) is 26.1 Å². The molecule has 1 aromatic carbocycles. The Morgan fingerprint density at radius 1 is 1.39 bits per heavy atom. The summed E-state index contributed by atoms with van der Waals surface area (Å²) < 4.78 is 13.7. The van der Waals surface area contributed by atoms with E-state index in [2.05, 4.69) is 52.2 Å². The third kappa shape index (κ3) is 6.27. The molecule has 7 nitrogen and oxygen atoms in total. The molecule has 152 valence electrons. The van der Waals surface area contributed by atoms with Gasteiger partial charge in [-0.2, -0.15) is 0 Å². The van der Waals surface area contributed by atoms with Crippen LogP contribution in [0.15, 0.2) is 41.9 Å². The van der Waals surface area contributed by atoms with E-state index in [1.165, 1.54) is 5.56 Å². The minimum atomic E-state index is 0.138. The summed E-state index contributed by atoms with van der Waals surface area (Å²) in [5, 5.41) is 6.71. The van der Waals surface area contributed by atoms with Gasteiger partial charge in [0.1, 0.15) is 11.9 Å². The number of benzene rings is 1. The van der Waals surface area contributed by atoms with Crippen molar-refractivity contribution in [3.05, 3.63) is 48.0 Å². The molecule has 1 unspecified atom stereocenters. The Kier molecular flexibility index (Phi) is 7.72. The van der Waals surface area contributed by atoms with Gasteiger partial charge in [0.15, 0.2) is 5.96 Å². The lowest BCUT2D eigenvalue weighted by molar-refractivity contribution is 0.140. The van der Waals surface area contributed by atoms with Crippen molar-refractivity contribution in [3.63, 3.8) is 0 Å². The van der Waals surface area contributed by atoms with Crippen LogP contribution in [0.1, 0.15) is 30.9 Å². The Labute approximate surface area is 167 Å². The first-order valence-corrected chi connectivity index (χ1v) is 10.1. The molecule has 28 heavy (non-hydrogen) atoms. The number of imidazole rings is 1. The number of nitrogens with one attached hydrogen (secondary N) is 2. The van der Waals surface area contributed by atoms with E-state index in [1.807, 2.05) is 12.5 Å². The number of nitrogens with zero attached hydrogens (tertiary/aromatic N) is 3. The molecule has 2 heterocycles. The second kappa shape index (κ2) is 10.7. The van der Waals surface area contributed by atoms with Gasteiger partial charge in [-0.3, -0.25) is 0 Å². The first-order valence-electron chi connectivity index (χ1n) is 10.1. The summed E-state index contributed by atoms with van der Waals surface area (Å²) >= 11 is 0. The van der Waals surface area contributed by atoms with Crippen molar-refractivity contribution < 1.29 is 9.47 Å². The van der Waals surface area contributed by atoms with E-state index in [0.717, 1.165) is 56.4 Å². The zero-order chi connectivity index (χ0) is 19.6. The third-order valence-electron chi connectivity index (χ3n) is 4.60. The minimum Gasteiger partial charge on any atom is -0.488 e. The molecule has 0 saturated carbocycles. The number of aryl methyl sites for hydroxylation is 2. The number of hydrogen-bond acceptors (Lipinski definition) is 4. The van der Waals surface area contributed by atoms with Crippen LogP contribution in [0.25, 0.3) is 0 Å². The van der Waals surface area contributed by atoms with Crippen molar-refractivity contribution in [1.82, 2.24) is 20.2 Å². The van der Waals surface area contributed by atoms with Crippen LogP contribution in [0.4, 0.5) is 0 Å². The highest BCUT2D eigenvalue weighted by Gasteiger charge is 2.18. The van der Waals surface area contributed by atoms with Crippen molar-refractivity contribution in [2.24, 2.45) is 4.99 Å². The molecular formula is C21H31N5O2. The van der Waals surface area contributed by atoms with Crippen LogP contribution in [0.5, 0.6) is 5.75 Å². The first kappa shape index (κ1) is 20.2. The van der Waals surface area contributed by atoms with Crippen LogP contribution in [0.2, 0.25) is 0 Å². The average molecular weight is 386 g/mol. The van der Waals surface area contributed by atoms with Crippen molar-refractivity contribution in [2.75, 3.05) is 26.3 Å². The second-order valence-electron chi connectivity index (χ2n) is 6.99. The zero-order valence-electron chi connectivity index (χ0n) is 16.9. The molecule has 0 aliphatic carbocycles. The minimum absolute atomic E-state index is 0.138. The predicted molar refractivity (Wildman–Crippen MR) is 111 cm³/mol. The molecule has 1 aliphatic rings. The Hall–Kier alpha value is -2.54. The Morgan fingerprint density at radius 2 is 2.32 bits per heavy atom. The number of aliphatic imine (C=N–C) groups is 1. The molecule has 1 aromatic heterocycles. The molecular weight excluding hydrogens is 354 g/mol. The van der Waals surface area contributed by atoms with Crippen LogP contribution in [-0.4, -0.2) is 47.9 Å². The zero-order valence-corrected chi connectivity index (χ0v) is 16.9. The molecule has 1 aliphatic heterocycles. The molecule has 0 spiro atoms. The number of ether oxygens (including phenoxy) is 2. The number of hydrogen-bond donors (Lipinski definition) is 2. The highest BCUT2D eigenvalue weighted by molar-refractivity contribution is 5.79. The first-order chi connectivity index (χ1) is 13.7. The fraction of sp³-hybridized carbons (Fsp3) is 0.524. The summed E-state index contributed by atoms with van der Waals surface area (Å²) in [6.45, 7) is 8.77. The van der Waals surface area contributed by atoms with Gasteiger partial charge in [-0.1, -0.05) is 12.1 Å². The number of guanidine groups is 1. The van der Waals surface area contributed by atoms with Crippen LogP contribution < -0.4 is 15.4 Å². The van der Waals surface area contributed by atoms with Crippen molar-refractivity contribution in [3.8, 4) is 5.75 Å². The Morgan fingerprint density at radius 3 is 3.07 bits per heavy atom. The molecule has 3 rings (SSSR count). The molecule has 0 bridgehead atoms. The maximum absolute atomic E-state index is 6.18. The molecule has 0 amide bonds. The summed E-state index contributed by atoms with van der Waals surface area (Å²) in [5.41, 5.74) is 2.28. The molecule has 7 heteroatoms. The topological polar surface area (TPSA) is 72.7 Å². The summed E-state index contributed by atoms with van der Waals surface area (Å²) in [7, 11) is 0. The third-order valence-corrected chi connectivity index (χ3v) is 4.60. The van der Waals surface area contributed by atoms with E-state index in [0.29, 0.717) is 13.2 Å². The highest BCUT2D eigenvalue weighted by Crippen LogP contribution is 2.24. The van der Waals surface area contributed by atoms with Gasteiger partial charge in [-0.05, 0) is 31.9 Å². The van der Waals surface area contributed by atoms with Crippen molar-refractivity contribution in [1.29, 1.82) is 0 Å². The lowest BCUT2D eigenvalue weighted by Crippen LogP contribution is -2.38. The highest BCUT2D eigenvalue weighted by atomic mass is 16.5. The quantitative estimate of drug-likeness (QED) is 0.394. The maximum atomic E-state index is 6.18. The maximum Gasteiger partial charge on any atom is 0.191 e. The summed E-state index contributed by atoms with van der Waals surface area (Å²) in [6, 6.07) is 6.30. The molecule has 1 saturated heterocycles. The second-order valence-corrected chi connectivity index (χ2v) is 6.99. The Balaban J connectivity index is 1.56. The summed E-state index contributed by atoms with van der Waals surface area (Å²) in [6.07, 6.45) is 7.71. The predicted octanol–water partition coefficient (Wildman–Crippen LogP) is 2.50. The van der Waals surface area contributed by atoms with Crippen LogP contribution in [0.3, 0.4) is 0 Å². The smallest absolute Gasteiger partial charge is 0.191 e. The summed E-state index contributed by atoms with van der Waals surface area (Å²) in [4.78, 5) is 8.81. The van der Waals surface area contributed by atoms with E-state index < -0.39 is 0 Å². The summed E-state index contributed by atoms with van der Waals surface area (Å²) in [5.74, 6) is 1.74. The number of aromatic nitrogens is 2. The van der Waals surface area contributed by atoms with Gasteiger partial charge < -0.3 is 24.7 Å². The lowest BCUT2D eigenvalue weighted by Gasteiger charge is -2.16. The number of rotatable bonds is 9. The van der Waals surface area contributed by atoms with Crippen molar-refractivity contribution in [2.45, 2.75) is 45.9 Å². The van der Waals surface area contributed by atoms with Gasteiger partial charge >= 0.3 is 0 Å². The van der Waals surface area contributed by atoms with Gasteiger partial charge in [0.25, 0.3) is 0 Å². The van der Waals surface area contributed by atoms with Crippen LogP contribution >= 0.6 is 0 Å². The SMILES string of the molecule is CCNC(=NCc1ccc(C)cc1OC1CCOC1)NCCCn1ccnc1. The Bertz CT molecular complexity index is 739. The lowest BCUT2D eigenvalue weighted by atomic mass is 10.1. The van der Waals surface area contributed by atoms with Gasteiger partial charge in [-0.25, -0.2) is 9.98 Å². The van der Waals surface area contributed by atoms with E-state index >= 15 is 0 Å². The van der Waals surface area contributed by atoms with Crippen LogP contribution in [0, 0.1) is 6.92 Å². The molecule has 2 aromatic rings. The molecule has 2 N–H and O–H groups in total. The van der Waals surface area contributed by atoms with Gasteiger partial charge in [-0.15, -0.1) is 0 Å². The fourth-order valence-corrected chi connectivity index (χ4v) is 3.08. The van der Waals surface area contributed by atoms with E-state index in [9.17, 15) is 0 Å². The van der Waals surface area contributed by atoms with E-state index in [4.69, 9.17) is 14.5 Å². The molecule has 1 fully saturated rings. The standard InChI is InChI=1S/C21H31N5O2/c1-3-23-21(24-8-4-10-26-11-9-22-16-26)25-14-18-6-5-17(2)13-20(18)28-19-7-12-27-15-19/h5-6,9,11,13,16,19H,3-4,7-8,10,12,14-15H2,1-2H3,(H2,23,24,25). The normalized spacial score (nSPS) is 16.9. The monoisotopic (exact) mass is 385 g/mol. The average Bonchev–Trinajstić information content (AvgIpc) is 3.38. The molecule has 1 atom stereocenters. The van der Waals surface area contributed by atoms with E-state index in [1.54, 1.807) is 6.20 Å².